The van der Waals surface area contributed by atoms with Gasteiger partial charge in [-0.15, -0.1) is 0 Å². The summed E-state index contributed by atoms with van der Waals surface area (Å²) in [6.07, 6.45) is 0.759. The van der Waals surface area contributed by atoms with Crippen LogP contribution in [0.25, 0.3) is 0 Å². The first-order valence-electron chi connectivity index (χ1n) is 4.92. The van der Waals surface area contributed by atoms with E-state index in [1.165, 1.54) is 6.92 Å². The fourth-order valence-corrected chi connectivity index (χ4v) is 0.809. The molecule has 15 heavy (non-hydrogen) atoms. The molecule has 0 aliphatic heterocycles. The van der Waals surface area contributed by atoms with Crippen LogP contribution in [0.4, 0.5) is 0 Å². The number of rotatable bonds is 4. The lowest BCUT2D eigenvalue weighted by molar-refractivity contribution is -0.145. The average Bonchev–Trinajstić information content (AvgIpc) is 2.00. The molecule has 0 unspecified atom stereocenters. The zero-order valence-corrected chi connectivity index (χ0v) is 9.87. The van der Waals surface area contributed by atoms with E-state index in [1.807, 2.05) is 0 Å². The predicted octanol–water partition coefficient (Wildman–Crippen LogP) is 1.84. The normalized spacial score (nSPS) is 11.8. The van der Waals surface area contributed by atoms with Crippen LogP contribution in [0.2, 0.25) is 0 Å². The van der Waals surface area contributed by atoms with Crippen molar-refractivity contribution in [2.24, 2.45) is 0 Å². The highest BCUT2D eigenvalue weighted by Crippen LogP contribution is 2.01. The molecule has 0 saturated carbocycles. The van der Waals surface area contributed by atoms with Gasteiger partial charge < -0.3 is 9.47 Å². The summed E-state index contributed by atoms with van der Waals surface area (Å²) in [5.74, 6) is -1.02. The molecule has 0 aliphatic carbocycles. The van der Waals surface area contributed by atoms with E-state index in [0.29, 0.717) is 0 Å². The van der Waals surface area contributed by atoms with Crippen molar-refractivity contribution >= 4 is 11.9 Å². The van der Waals surface area contributed by atoms with Crippen LogP contribution in [0.5, 0.6) is 0 Å². The molecule has 0 radical (unpaired) electrons. The van der Waals surface area contributed by atoms with Crippen molar-refractivity contribution < 1.29 is 19.1 Å². The van der Waals surface area contributed by atoms with Crippen molar-refractivity contribution in [3.05, 3.63) is 11.6 Å². The summed E-state index contributed by atoms with van der Waals surface area (Å²) in [6, 6.07) is 0. The van der Waals surface area contributed by atoms with Crippen LogP contribution in [0, 0.1) is 0 Å². The van der Waals surface area contributed by atoms with Gasteiger partial charge in [0.05, 0.1) is 12.2 Å². The molecular weight excluding hydrogens is 196 g/mol. The van der Waals surface area contributed by atoms with E-state index in [2.05, 4.69) is 0 Å². The van der Waals surface area contributed by atoms with Crippen LogP contribution in [0.3, 0.4) is 0 Å². The van der Waals surface area contributed by atoms with E-state index < -0.39 is 11.9 Å². The van der Waals surface area contributed by atoms with E-state index in [0.717, 1.165) is 6.08 Å². The first kappa shape index (κ1) is 13.7. The molecule has 0 fully saturated rings. The molecular formula is C11H18O4. The fraction of sp³-hybridized carbons (Fsp3) is 0.636. The Morgan fingerprint density at radius 2 is 1.47 bits per heavy atom. The van der Waals surface area contributed by atoms with Crippen molar-refractivity contribution in [2.75, 3.05) is 0 Å². The van der Waals surface area contributed by atoms with Crippen molar-refractivity contribution in [3.8, 4) is 0 Å². The Morgan fingerprint density at radius 1 is 1.00 bits per heavy atom. The standard InChI is InChI=1S/C11H18O4/c1-7(2)14-10(12)6-9(5)11(13)15-8(3)4/h6-8H,1-5H3. The van der Waals surface area contributed by atoms with Gasteiger partial charge in [0.15, 0.2) is 0 Å². The van der Waals surface area contributed by atoms with Gasteiger partial charge in [0.2, 0.25) is 0 Å². The van der Waals surface area contributed by atoms with Crippen LogP contribution >= 0.6 is 0 Å². The molecule has 0 heterocycles. The summed E-state index contributed by atoms with van der Waals surface area (Å²) in [5, 5.41) is 0. The van der Waals surface area contributed by atoms with Crippen LogP contribution < -0.4 is 0 Å². The maximum Gasteiger partial charge on any atom is 0.334 e. The summed E-state index contributed by atoms with van der Waals surface area (Å²) in [4.78, 5) is 22.4. The molecule has 0 atom stereocenters. The fourth-order valence-electron chi connectivity index (χ4n) is 0.809. The molecule has 0 rings (SSSR count). The Labute approximate surface area is 90.2 Å². The van der Waals surface area contributed by atoms with Crippen molar-refractivity contribution in [2.45, 2.75) is 46.8 Å². The summed E-state index contributed by atoms with van der Waals surface area (Å²) in [7, 11) is 0. The van der Waals surface area contributed by atoms with Crippen molar-refractivity contribution in [1.82, 2.24) is 0 Å². The summed E-state index contributed by atoms with van der Waals surface area (Å²) < 4.78 is 9.76. The Hall–Kier alpha value is -1.32. The third-order valence-electron chi connectivity index (χ3n) is 1.35. The second kappa shape index (κ2) is 6.22. The van der Waals surface area contributed by atoms with Gasteiger partial charge in [0, 0.05) is 11.6 Å². The van der Waals surface area contributed by atoms with Crippen molar-refractivity contribution in [1.29, 1.82) is 0 Å². The molecule has 0 aliphatic rings. The first-order chi connectivity index (χ1) is 6.82. The molecule has 0 aromatic carbocycles. The Morgan fingerprint density at radius 3 is 1.87 bits per heavy atom. The molecule has 86 valence electrons. The Bertz CT molecular complexity index is 264. The molecule has 0 amide bonds. The van der Waals surface area contributed by atoms with E-state index in [9.17, 15) is 9.59 Å². The third kappa shape index (κ3) is 6.71. The quantitative estimate of drug-likeness (QED) is 0.529. The highest BCUT2D eigenvalue weighted by Gasteiger charge is 2.10. The van der Waals surface area contributed by atoms with Gasteiger partial charge in [0.25, 0.3) is 0 Å². The van der Waals surface area contributed by atoms with Gasteiger partial charge in [-0.3, -0.25) is 0 Å². The lowest BCUT2D eigenvalue weighted by Gasteiger charge is -2.08. The number of carbonyl (C=O) groups is 2. The molecule has 0 saturated heterocycles. The predicted molar refractivity (Wildman–Crippen MR) is 56.2 cm³/mol. The van der Waals surface area contributed by atoms with E-state index in [1.54, 1.807) is 27.7 Å². The van der Waals surface area contributed by atoms with Crippen molar-refractivity contribution in [3.63, 3.8) is 0 Å². The van der Waals surface area contributed by atoms with Crippen LogP contribution in [-0.4, -0.2) is 24.1 Å². The maximum absolute atomic E-state index is 11.3. The van der Waals surface area contributed by atoms with Gasteiger partial charge in [0.1, 0.15) is 0 Å². The Kier molecular flexibility index (Phi) is 5.67. The minimum atomic E-state index is -0.525. The van der Waals surface area contributed by atoms with E-state index in [-0.39, 0.29) is 17.8 Å². The highest BCUT2D eigenvalue weighted by molar-refractivity contribution is 5.95. The average molecular weight is 214 g/mol. The summed E-state index contributed by atoms with van der Waals surface area (Å²) >= 11 is 0. The topological polar surface area (TPSA) is 52.6 Å². The zero-order valence-electron chi connectivity index (χ0n) is 9.87. The molecule has 0 N–H and O–H groups in total. The third-order valence-corrected chi connectivity index (χ3v) is 1.35. The molecule has 0 aromatic heterocycles. The molecule has 0 bridgehead atoms. The molecule has 0 spiro atoms. The number of carbonyl (C=O) groups excluding carboxylic acids is 2. The molecule has 4 nitrogen and oxygen atoms in total. The lowest BCUT2D eigenvalue weighted by Crippen LogP contribution is -2.15. The van der Waals surface area contributed by atoms with Crippen LogP contribution in [0.15, 0.2) is 11.6 Å². The molecule has 4 heteroatoms. The minimum Gasteiger partial charge on any atom is -0.460 e. The van der Waals surface area contributed by atoms with Crippen LogP contribution in [0.1, 0.15) is 34.6 Å². The van der Waals surface area contributed by atoms with E-state index in [4.69, 9.17) is 9.47 Å². The smallest absolute Gasteiger partial charge is 0.334 e. The monoisotopic (exact) mass is 214 g/mol. The number of esters is 2. The number of hydrogen-bond donors (Lipinski definition) is 0. The van der Waals surface area contributed by atoms with Crippen LogP contribution in [-0.2, 0) is 19.1 Å². The first-order valence-corrected chi connectivity index (χ1v) is 4.92. The zero-order chi connectivity index (χ0) is 12.0. The lowest BCUT2D eigenvalue weighted by atomic mass is 10.3. The van der Waals surface area contributed by atoms with Gasteiger partial charge in [-0.2, -0.15) is 0 Å². The van der Waals surface area contributed by atoms with Gasteiger partial charge in [-0.05, 0) is 34.6 Å². The van der Waals surface area contributed by atoms with Gasteiger partial charge in [-0.25, -0.2) is 9.59 Å². The largest absolute Gasteiger partial charge is 0.460 e. The summed E-state index contributed by atoms with van der Waals surface area (Å²) in [6.45, 7) is 8.50. The van der Waals surface area contributed by atoms with Gasteiger partial charge in [-0.1, -0.05) is 0 Å². The second-order valence-corrected chi connectivity index (χ2v) is 3.77. The number of hydrogen-bond acceptors (Lipinski definition) is 4. The highest BCUT2D eigenvalue weighted by atomic mass is 16.5. The Balaban J connectivity index is 4.29. The minimum absolute atomic E-state index is 0.192. The number of ether oxygens (including phenoxy) is 2. The molecule has 0 aromatic rings. The van der Waals surface area contributed by atoms with Gasteiger partial charge >= 0.3 is 11.9 Å². The maximum atomic E-state index is 11.3. The SMILES string of the molecule is CC(=CC(=O)OC(C)C)C(=O)OC(C)C. The summed E-state index contributed by atoms with van der Waals surface area (Å²) in [5.41, 5.74) is 0.245. The van der Waals surface area contributed by atoms with E-state index >= 15 is 0 Å². The second-order valence-electron chi connectivity index (χ2n) is 3.77.